The number of benzene rings is 2. The van der Waals surface area contributed by atoms with E-state index < -0.39 is 15.9 Å². The van der Waals surface area contributed by atoms with Crippen molar-refractivity contribution in [2.45, 2.75) is 4.90 Å². The van der Waals surface area contributed by atoms with E-state index in [1.54, 1.807) is 12.1 Å². The number of fused-ring (bicyclic) bond motifs is 1. The van der Waals surface area contributed by atoms with Gasteiger partial charge in [0, 0.05) is 10.6 Å². The fraction of sp³-hybridized carbons (Fsp3) is 0.133. The summed E-state index contributed by atoms with van der Waals surface area (Å²) in [6, 6.07) is 10.3. The summed E-state index contributed by atoms with van der Waals surface area (Å²) >= 11 is 5.77. The molecule has 126 valence electrons. The highest BCUT2D eigenvalue weighted by molar-refractivity contribution is 7.89. The molecule has 24 heavy (non-hydrogen) atoms. The van der Waals surface area contributed by atoms with Crippen molar-refractivity contribution in [1.82, 2.24) is 10.3 Å². The van der Waals surface area contributed by atoms with Crippen molar-refractivity contribution in [2.24, 2.45) is 0 Å². The van der Waals surface area contributed by atoms with E-state index in [1.807, 2.05) is 4.83 Å². The molecule has 0 saturated carbocycles. The standard InChI is InChI=1S/C15H13ClN2O5S/c16-11-2-1-3-12(9-11)24(20,21)18-17-15(19)10-4-5-13-14(8-10)23-7-6-22-13/h1-5,8-9,18H,6-7H2,(H,17,19). The second-order valence-electron chi connectivity index (χ2n) is 4.88. The Morgan fingerprint density at radius 3 is 2.54 bits per heavy atom. The number of nitrogens with one attached hydrogen (secondary N) is 2. The molecule has 0 unspecified atom stereocenters. The van der Waals surface area contributed by atoms with Crippen molar-refractivity contribution >= 4 is 27.5 Å². The highest BCUT2D eigenvalue weighted by Crippen LogP contribution is 2.30. The average Bonchev–Trinajstić information content (AvgIpc) is 2.59. The normalized spacial score (nSPS) is 13.4. The van der Waals surface area contributed by atoms with Gasteiger partial charge in [0.1, 0.15) is 13.2 Å². The number of ether oxygens (including phenoxy) is 2. The van der Waals surface area contributed by atoms with Gasteiger partial charge in [0.2, 0.25) is 0 Å². The summed E-state index contributed by atoms with van der Waals surface area (Å²) in [5.74, 6) is 0.349. The summed E-state index contributed by atoms with van der Waals surface area (Å²) in [4.78, 5) is 14.1. The van der Waals surface area contributed by atoms with Gasteiger partial charge in [-0.05, 0) is 36.4 Å². The fourth-order valence-corrected chi connectivity index (χ4v) is 3.20. The maximum Gasteiger partial charge on any atom is 0.266 e. The quantitative estimate of drug-likeness (QED) is 0.802. The summed E-state index contributed by atoms with van der Waals surface area (Å²) in [5, 5.41) is 0.274. The van der Waals surface area contributed by atoms with Crippen molar-refractivity contribution < 1.29 is 22.7 Å². The lowest BCUT2D eigenvalue weighted by Crippen LogP contribution is -2.41. The smallest absolute Gasteiger partial charge is 0.266 e. The number of carbonyl (C=O) groups is 1. The Morgan fingerprint density at radius 2 is 1.79 bits per heavy atom. The molecule has 0 saturated heterocycles. The van der Waals surface area contributed by atoms with E-state index in [9.17, 15) is 13.2 Å². The van der Waals surface area contributed by atoms with E-state index in [2.05, 4.69) is 5.43 Å². The van der Waals surface area contributed by atoms with Crippen LogP contribution in [0.15, 0.2) is 47.4 Å². The Hall–Kier alpha value is -2.29. The fourth-order valence-electron chi connectivity index (χ4n) is 2.06. The van der Waals surface area contributed by atoms with Crippen LogP contribution in [0.2, 0.25) is 5.02 Å². The van der Waals surface area contributed by atoms with E-state index in [4.69, 9.17) is 21.1 Å². The minimum Gasteiger partial charge on any atom is -0.486 e. The Kier molecular flexibility index (Phi) is 4.61. The molecule has 0 aliphatic carbocycles. The summed E-state index contributed by atoms with van der Waals surface area (Å²) in [5.41, 5.74) is 2.38. The van der Waals surface area contributed by atoms with Crippen LogP contribution < -0.4 is 19.7 Å². The number of sulfonamides is 1. The van der Waals surface area contributed by atoms with Gasteiger partial charge in [-0.3, -0.25) is 10.2 Å². The van der Waals surface area contributed by atoms with Crippen LogP contribution in [0.25, 0.3) is 0 Å². The molecule has 0 fully saturated rings. The van der Waals surface area contributed by atoms with Gasteiger partial charge >= 0.3 is 0 Å². The minimum atomic E-state index is -3.93. The Labute approximate surface area is 143 Å². The molecule has 2 aromatic carbocycles. The monoisotopic (exact) mass is 368 g/mol. The summed E-state index contributed by atoms with van der Waals surface area (Å²) in [7, 11) is -3.93. The van der Waals surface area contributed by atoms with Crippen LogP contribution in [-0.4, -0.2) is 27.5 Å². The number of rotatable bonds is 4. The van der Waals surface area contributed by atoms with Crippen LogP contribution in [0.5, 0.6) is 11.5 Å². The first-order valence-corrected chi connectivity index (χ1v) is 8.79. The highest BCUT2D eigenvalue weighted by atomic mass is 35.5. The number of hydrazine groups is 1. The van der Waals surface area contributed by atoms with Crippen LogP contribution in [-0.2, 0) is 10.0 Å². The first-order chi connectivity index (χ1) is 11.5. The summed E-state index contributed by atoms with van der Waals surface area (Å²) in [6.45, 7) is 0.831. The zero-order valence-electron chi connectivity index (χ0n) is 12.3. The second-order valence-corrected chi connectivity index (χ2v) is 6.99. The van der Waals surface area contributed by atoms with E-state index in [0.29, 0.717) is 24.7 Å². The third-order valence-electron chi connectivity index (χ3n) is 3.21. The van der Waals surface area contributed by atoms with Gasteiger partial charge in [-0.1, -0.05) is 17.7 Å². The molecular weight excluding hydrogens is 356 g/mol. The highest BCUT2D eigenvalue weighted by Gasteiger charge is 2.18. The van der Waals surface area contributed by atoms with Crippen LogP contribution in [0.3, 0.4) is 0 Å². The molecule has 7 nitrogen and oxygen atoms in total. The van der Waals surface area contributed by atoms with Gasteiger partial charge in [-0.25, -0.2) is 8.42 Å². The second kappa shape index (κ2) is 6.68. The number of amides is 1. The van der Waals surface area contributed by atoms with Gasteiger partial charge in [0.15, 0.2) is 11.5 Å². The molecule has 0 atom stereocenters. The Morgan fingerprint density at radius 1 is 1.04 bits per heavy atom. The van der Waals surface area contributed by atoms with Gasteiger partial charge < -0.3 is 9.47 Å². The van der Waals surface area contributed by atoms with Crippen molar-refractivity contribution in [2.75, 3.05) is 13.2 Å². The zero-order chi connectivity index (χ0) is 17.2. The number of hydrogen-bond donors (Lipinski definition) is 2. The van der Waals surface area contributed by atoms with Gasteiger partial charge in [-0.2, -0.15) is 0 Å². The molecule has 0 radical (unpaired) electrons. The maximum absolute atomic E-state index is 12.1. The van der Waals surface area contributed by atoms with Crippen LogP contribution in [0.4, 0.5) is 0 Å². The first-order valence-electron chi connectivity index (χ1n) is 6.93. The van der Waals surface area contributed by atoms with Gasteiger partial charge in [0.05, 0.1) is 4.90 Å². The number of hydrogen-bond acceptors (Lipinski definition) is 5. The molecule has 0 spiro atoms. The molecule has 1 amide bonds. The SMILES string of the molecule is O=C(NNS(=O)(=O)c1cccc(Cl)c1)c1ccc2c(c1)OCCO2. The third-order valence-corrected chi connectivity index (χ3v) is 4.69. The van der Waals surface area contributed by atoms with Gasteiger partial charge in [-0.15, -0.1) is 4.83 Å². The topological polar surface area (TPSA) is 93.7 Å². The molecule has 3 rings (SSSR count). The zero-order valence-corrected chi connectivity index (χ0v) is 13.9. The van der Waals surface area contributed by atoms with Crippen LogP contribution >= 0.6 is 11.6 Å². The molecule has 9 heteroatoms. The summed E-state index contributed by atoms with van der Waals surface area (Å²) in [6.07, 6.45) is 0. The Bertz CT molecular complexity index is 885. The molecule has 2 aromatic rings. The van der Waals surface area contributed by atoms with E-state index in [-0.39, 0.29) is 15.5 Å². The van der Waals surface area contributed by atoms with Crippen LogP contribution in [0.1, 0.15) is 10.4 Å². The number of carbonyl (C=O) groups excluding carboxylic acids is 1. The predicted octanol–water partition coefficient (Wildman–Crippen LogP) is 1.73. The van der Waals surface area contributed by atoms with E-state index >= 15 is 0 Å². The van der Waals surface area contributed by atoms with Crippen molar-refractivity contribution in [3.63, 3.8) is 0 Å². The molecule has 1 heterocycles. The Balaban J connectivity index is 1.71. The van der Waals surface area contributed by atoms with Crippen molar-refractivity contribution in [3.05, 3.63) is 53.1 Å². The molecular formula is C15H13ClN2O5S. The largest absolute Gasteiger partial charge is 0.486 e. The van der Waals surface area contributed by atoms with Crippen molar-refractivity contribution in [1.29, 1.82) is 0 Å². The lowest BCUT2D eigenvalue weighted by molar-refractivity contribution is 0.0944. The van der Waals surface area contributed by atoms with E-state index in [0.717, 1.165) is 0 Å². The third kappa shape index (κ3) is 3.61. The summed E-state index contributed by atoms with van der Waals surface area (Å²) < 4.78 is 35.0. The maximum atomic E-state index is 12.1. The molecule has 0 aromatic heterocycles. The number of halogens is 1. The van der Waals surface area contributed by atoms with E-state index in [1.165, 1.54) is 30.3 Å². The molecule has 2 N–H and O–H groups in total. The molecule has 1 aliphatic rings. The van der Waals surface area contributed by atoms with Crippen molar-refractivity contribution in [3.8, 4) is 11.5 Å². The first kappa shape index (κ1) is 16.6. The minimum absolute atomic E-state index is 0.0579. The molecule has 0 bridgehead atoms. The van der Waals surface area contributed by atoms with Gasteiger partial charge in [0.25, 0.3) is 15.9 Å². The average molecular weight is 369 g/mol. The van der Waals surface area contributed by atoms with Crippen LogP contribution in [0, 0.1) is 0 Å². The lowest BCUT2D eigenvalue weighted by Gasteiger charge is -2.18. The predicted molar refractivity (Wildman–Crippen MR) is 86.7 cm³/mol. The lowest BCUT2D eigenvalue weighted by atomic mass is 10.2. The molecule has 1 aliphatic heterocycles.